The minimum atomic E-state index is 0.694. The van der Waals surface area contributed by atoms with Crippen LogP contribution in [0.2, 0.25) is 0 Å². The summed E-state index contributed by atoms with van der Waals surface area (Å²) in [4.78, 5) is 0. The zero-order valence-corrected chi connectivity index (χ0v) is 12.8. The molecule has 0 bridgehead atoms. The van der Waals surface area contributed by atoms with E-state index in [1.807, 2.05) is 42.5 Å². The van der Waals surface area contributed by atoms with Gasteiger partial charge in [0.15, 0.2) is 0 Å². The van der Waals surface area contributed by atoms with Gasteiger partial charge in [-0.3, -0.25) is 0 Å². The van der Waals surface area contributed by atoms with Crippen LogP contribution in [0.5, 0.6) is 0 Å². The number of nitrogens with one attached hydrogen (secondary N) is 1. The summed E-state index contributed by atoms with van der Waals surface area (Å²) in [7, 11) is 0. The molecular weight excluding hydrogens is 272 g/mol. The highest BCUT2D eigenvalue weighted by molar-refractivity contribution is 5.31. The molecule has 3 heteroatoms. The highest BCUT2D eigenvalue weighted by Crippen LogP contribution is 2.03. The molecule has 0 atom stereocenters. The summed E-state index contributed by atoms with van der Waals surface area (Å²) in [6.07, 6.45) is 2.16. The van der Waals surface area contributed by atoms with Crippen molar-refractivity contribution in [1.82, 2.24) is 5.32 Å². The van der Waals surface area contributed by atoms with Crippen LogP contribution in [-0.4, -0.2) is 13.2 Å². The van der Waals surface area contributed by atoms with Gasteiger partial charge in [0.05, 0.1) is 18.2 Å². The summed E-state index contributed by atoms with van der Waals surface area (Å²) in [6.45, 7) is 3.32. The van der Waals surface area contributed by atoms with E-state index in [4.69, 9.17) is 10.00 Å². The van der Waals surface area contributed by atoms with Crippen molar-refractivity contribution < 1.29 is 4.74 Å². The number of hydrogen-bond donors (Lipinski definition) is 1. The van der Waals surface area contributed by atoms with Gasteiger partial charge in [0.2, 0.25) is 0 Å². The Morgan fingerprint density at radius 3 is 2.41 bits per heavy atom. The minimum Gasteiger partial charge on any atom is -0.377 e. The van der Waals surface area contributed by atoms with Gasteiger partial charge in [0.1, 0.15) is 0 Å². The predicted octanol–water partition coefficient (Wildman–Crippen LogP) is 3.64. The van der Waals surface area contributed by atoms with E-state index in [0.29, 0.717) is 12.2 Å². The van der Waals surface area contributed by atoms with Crippen LogP contribution in [0.1, 0.15) is 29.5 Å². The van der Waals surface area contributed by atoms with Crippen LogP contribution in [0.3, 0.4) is 0 Å². The molecule has 0 heterocycles. The van der Waals surface area contributed by atoms with E-state index >= 15 is 0 Å². The van der Waals surface area contributed by atoms with Gasteiger partial charge in [-0.15, -0.1) is 0 Å². The van der Waals surface area contributed by atoms with Gasteiger partial charge >= 0.3 is 0 Å². The lowest BCUT2D eigenvalue weighted by molar-refractivity contribution is 0.117. The van der Waals surface area contributed by atoms with Crippen molar-refractivity contribution >= 4 is 0 Å². The summed E-state index contributed by atoms with van der Waals surface area (Å²) in [6, 6.07) is 20.1. The number of ether oxygens (including phenoxy) is 1. The monoisotopic (exact) mass is 294 g/mol. The smallest absolute Gasteiger partial charge is 0.0991 e. The van der Waals surface area contributed by atoms with Crippen molar-refractivity contribution in [2.45, 2.75) is 26.0 Å². The number of unbranched alkanes of at least 4 members (excludes halogenated alkanes) is 1. The molecule has 2 rings (SSSR count). The molecule has 0 radical (unpaired) electrons. The highest BCUT2D eigenvalue weighted by Gasteiger charge is 1.95. The number of nitrogens with zero attached hydrogens (tertiary/aromatic N) is 1. The van der Waals surface area contributed by atoms with Crippen LogP contribution < -0.4 is 5.32 Å². The van der Waals surface area contributed by atoms with E-state index in [1.54, 1.807) is 0 Å². The van der Waals surface area contributed by atoms with Gasteiger partial charge in [-0.2, -0.15) is 5.26 Å². The molecule has 2 aromatic rings. The maximum Gasteiger partial charge on any atom is 0.0991 e. The molecule has 0 aromatic heterocycles. The molecule has 0 saturated carbocycles. The van der Waals surface area contributed by atoms with E-state index < -0.39 is 0 Å². The summed E-state index contributed by atoms with van der Waals surface area (Å²) >= 11 is 0. The Labute approximate surface area is 132 Å². The SMILES string of the molecule is N#Cc1ccc(CNCCCCOCc2ccccc2)cc1. The Morgan fingerprint density at radius 2 is 1.68 bits per heavy atom. The van der Waals surface area contributed by atoms with E-state index in [2.05, 4.69) is 23.5 Å². The summed E-state index contributed by atoms with van der Waals surface area (Å²) in [5, 5.41) is 12.1. The number of benzene rings is 2. The first kappa shape index (κ1) is 16.2. The maximum atomic E-state index is 8.74. The molecule has 3 nitrogen and oxygen atoms in total. The molecule has 0 amide bonds. The maximum absolute atomic E-state index is 8.74. The van der Waals surface area contributed by atoms with Crippen LogP contribution in [-0.2, 0) is 17.9 Å². The van der Waals surface area contributed by atoms with Crippen molar-refractivity contribution in [3.05, 3.63) is 71.3 Å². The third-order valence-corrected chi connectivity index (χ3v) is 3.42. The summed E-state index contributed by atoms with van der Waals surface area (Å²) in [5.74, 6) is 0. The molecule has 1 N–H and O–H groups in total. The molecule has 0 saturated heterocycles. The fourth-order valence-electron chi connectivity index (χ4n) is 2.15. The second-order valence-electron chi connectivity index (χ2n) is 5.23. The van der Waals surface area contributed by atoms with E-state index in [1.165, 1.54) is 11.1 Å². The Hall–Kier alpha value is -2.15. The Kier molecular flexibility index (Phi) is 7.17. The first-order valence-electron chi connectivity index (χ1n) is 7.70. The van der Waals surface area contributed by atoms with E-state index in [9.17, 15) is 0 Å². The molecule has 0 unspecified atom stereocenters. The number of nitriles is 1. The van der Waals surface area contributed by atoms with Crippen molar-refractivity contribution in [2.75, 3.05) is 13.2 Å². The van der Waals surface area contributed by atoms with E-state index in [-0.39, 0.29) is 0 Å². The molecular formula is C19H22N2O. The Balaban J connectivity index is 1.48. The van der Waals surface area contributed by atoms with Gasteiger partial charge in [-0.05, 0) is 42.6 Å². The second kappa shape index (κ2) is 9.73. The fraction of sp³-hybridized carbons (Fsp3) is 0.316. The zero-order chi connectivity index (χ0) is 15.5. The second-order valence-corrected chi connectivity index (χ2v) is 5.23. The molecule has 22 heavy (non-hydrogen) atoms. The van der Waals surface area contributed by atoms with Crippen LogP contribution >= 0.6 is 0 Å². The molecule has 114 valence electrons. The molecule has 0 aliphatic heterocycles. The Bertz CT molecular complexity index is 573. The fourth-order valence-corrected chi connectivity index (χ4v) is 2.15. The van der Waals surface area contributed by atoms with Crippen LogP contribution in [0.25, 0.3) is 0 Å². The lowest BCUT2D eigenvalue weighted by Gasteiger charge is -2.06. The first-order valence-corrected chi connectivity index (χ1v) is 7.70. The largest absolute Gasteiger partial charge is 0.377 e. The lowest BCUT2D eigenvalue weighted by atomic mass is 10.1. The van der Waals surface area contributed by atoms with Crippen LogP contribution in [0.15, 0.2) is 54.6 Å². The van der Waals surface area contributed by atoms with Crippen LogP contribution in [0, 0.1) is 11.3 Å². The van der Waals surface area contributed by atoms with Crippen molar-refractivity contribution in [3.63, 3.8) is 0 Å². The average molecular weight is 294 g/mol. The normalized spacial score (nSPS) is 10.3. The van der Waals surface area contributed by atoms with Crippen molar-refractivity contribution in [3.8, 4) is 6.07 Å². The summed E-state index contributed by atoms with van der Waals surface area (Å²) in [5.41, 5.74) is 3.14. The van der Waals surface area contributed by atoms with E-state index in [0.717, 1.165) is 32.5 Å². The van der Waals surface area contributed by atoms with Gasteiger partial charge in [0, 0.05) is 13.2 Å². The Morgan fingerprint density at radius 1 is 0.909 bits per heavy atom. The summed E-state index contributed by atoms with van der Waals surface area (Å²) < 4.78 is 5.65. The third-order valence-electron chi connectivity index (χ3n) is 3.42. The third kappa shape index (κ3) is 6.09. The first-order chi connectivity index (χ1) is 10.9. The molecule has 2 aromatic carbocycles. The average Bonchev–Trinajstić information content (AvgIpc) is 2.59. The van der Waals surface area contributed by atoms with Crippen molar-refractivity contribution in [2.24, 2.45) is 0 Å². The quantitative estimate of drug-likeness (QED) is 0.718. The molecule has 0 fully saturated rings. The van der Waals surface area contributed by atoms with Crippen LogP contribution in [0.4, 0.5) is 0 Å². The minimum absolute atomic E-state index is 0.694. The zero-order valence-electron chi connectivity index (χ0n) is 12.8. The topological polar surface area (TPSA) is 45.0 Å². The molecule has 0 aliphatic carbocycles. The van der Waals surface area contributed by atoms with Gasteiger partial charge in [-0.1, -0.05) is 42.5 Å². The predicted molar refractivity (Wildman–Crippen MR) is 88.2 cm³/mol. The van der Waals surface area contributed by atoms with Gasteiger partial charge < -0.3 is 10.1 Å². The molecule has 0 aliphatic rings. The van der Waals surface area contributed by atoms with Crippen molar-refractivity contribution in [1.29, 1.82) is 5.26 Å². The standard InChI is InChI=1S/C19H22N2O/c20-14-17-8-10-18(11-9-17)15-21-12-4-5-13-22-16-19-6-2-1-3-7-19/h1-3,6-11,21H,4-5,12-13,15-16H2. The highest BCUT2D eigenvalue weighted by atomic mass is 16.5. The lowest BCUT2D eigenvalue weighted by Crippen LogP contribution is -2.15. The number of rotatable bonds is 9. The molecule has 0 spiro atoms. The van der Waals surface area contributed by atoms with Gasteiger partial charge in [0.25, 0.3) is 0 Å². The van der Waals surface area contributed by atoms with Gasteiger partial charge in [-0.25, -0.2) is 0 Å². The number of hydrogen-bond acceptors (Lipinski definition) is 3.